The van der Waals surface area contributed by atoms with E-state index < -0.39 is 12.1 Å². The first-order chi connectivity index (χ1) is 19.6. The molecule has 1 aromatic heterocycles. The number of hydrogen-bond donors (Lipinski definition) is 3. The zero-order valence-corrected chi connectivity index (χ0v) is 22.1. The molecule has 0 fully saturated rings. The Labute approximate surface area is 233 Å². The molecular formula is C32H33N3O5. The number of ether oxygens (including phenoxy) is 1. The molecule has 2 amide bonds. The Bertz CT molecular complexity index is 1360. The number of benzene rings is 3. The van der Waals surface area contributed by atoms with E-state index >= 15 is 0 Å². The van der Waals surface area contributed by atoms with E-state index in [4.69, 9.17) is 9.94 Å². The van der Waals surface area contributed by atoms with Crippen LogP contribution in [0.5, 0.6) is 5.75 Å². The summed E-state index contributed by atoms with van der Waals surface area (Å²) in [6, 6.07) is 27.7. The molecule has 3 N–H and O–H groups in total. The van der Waals surface area contributed by atoms with Crippen molar-refractivity contribution in [2.75, 3.05) is 6.61 Å². The van der Waals surface area contributed by atoms with E-state index in [-0.39, 0.29) is 18.9 Å². The summed E-state index contributed by atoms with van der Waals surface area (Å²) in [5.41, 5.74) is 5.42. The minimum absolute atomic E-state index is 0.133. The fourth-order valence-electron chi connectivity index (χ4n) is 4.35. The second-order valence-corrected chi connectivity index (χ2v) is 9.33. The first kappa shape index (κ1) is 28.5. The molecule has 0 bridgehead atoms. The smallest absolute Gasteiger partial charge is 0.256 e. The van der Waals surface area contributed by atoms with Gasteiger partial charge in [0.25, 0.3) is 5.91 Å². The summed E-state index contributed by atoms with van der Waals surface area (Å²) in [7, 11) is 0. The zero-order chi connectivity index (χ0) is 28.2. The number of aromatic nitrogens is 1. The van der Waals surface area contributed by atoms with Crippen molar-refractivity contribution in [1.29, 1.82) is 0 Å². The lowest BCUT2D eigenvalue weighted by Gasteiger charge is -2.29. The SMILES string of the molecule is O=C(CCCCCOc1ccccc1CN(C(=O)c1ccc(-c2ccncc2)cc1)C(O)c1ccccc1)NO. The monoisotopic (exact) mass is 539 g/mol. The summed E-state index contributed by atoms with van der Waals surface area (Å²) >= 11 is 0. The van der Waals surface area contributed by atoms with Gasteiger partial charge in [0.05, 0.1) is 13.2 Å². The Morgan fingerprint density at radius 2 is 1.50 bits per heavy atom. The van der Waals surface area contributed by atoms with Crippen LogP contribution in [0.15, 0.2) is 103 Å². The molecule has 0 aliphatic heterocycles. The van der Waals surface area contributed by atoms with E-state index in [9.17, 15) is 14.7 Å². The van der Waals surface area contributed by atoms with Gasteiger partial charge in [0, 0.05) is 35.5 Å². The number of aliphatic hydroxyl groups excluding tert-OH is 1. The largest absolute Gasteiger partial charge is 0.493 e. The average Bonchev–Trinajstić information content (AvgIpc) is 3.02. The second kappa shape index (κ2) is 14.6. The third-order valence-electron chi connectivity index (χ3n) is 6.54. The zero-order valence-electron chi connectivity index (χ0n) is 22.1. The van der Waals surface area contributed by atoms with Crippen LogP contribution in [-0.2, 0) is 11.3 Å². The van der Waals surface area contributed by atoms with Gasteiger partial charge in [0.2, 0.25) is 5.91 Å². The molecule has 1 unspecified atom stereocenters. The van der Waals surface area contributed by atoms with Gasteiger partial charge in [-0.05, 0) is 60.7 Å². The van der Waals surface area contributed by atoms with Crippen molar-refractivity contribution in [2.45, 2.75) is 38.5 Å². The summed E-state index contributed by atoms with van der Waals surface area (Å²) in [5, 5.41) is 19.9. The molecule has 1 heterocycles. The standard InChI is InChI=1S/C32H33N3O5/c36-30(34-39)13-5-2-8-22-40-29-12-7-6-11-28(29)23-35(31(37)26-9-3-1-4-10-26)32(38)27-16-14-24(15-17-27)25-18-20-33-21-19-25/h1,3-4,6-7,9-12,14-21,31,37,39H,2,5,8,13,22-23H2,(H,34,36). The van der Waals surface area contributed by atoms with Crippen molar-refractivity contribution < 1.29 is 24.6 Å². The third kappa shape index (κ3) is 7.75. The summed E-state index contributed by atoms with van der Waals surface area (Å²) in [4.78, 5) is 30.5. The van der Waals surface area contributed by atoms with E-state index in [2.05, 4.69) is 4.98 Å². The lowest BCUT2D eigenvalue weighted by Crippen LogP contribution is -2.34. The molecule has 206 valence electrons. The van der Waals surface area contributed by atoms with Crippen molar-refractivity contribution in [3.8, 4) is 16.9 Å². The number of carbonyl (C=O) groups is 2. The van der Waals surface area contributed by atoms with E-state index in [1.165, 1.54) is 4.90 Å². The van der Waals surface area contributed by atoms with Crippen molar-refractivity contribution in [3.05, 3.63) is 120 Å². The van der Waals surface area contributed by atoms with Crippen LogP contribution in [0.3, 0.4) is 0 Å². The Balaban J connectivity index is 1.51. The topological polar surface area (TPSA) is 112 Å². The number of unbranched alkanes of at least 4 members (excludes halogenated alkanes) is 2. The van der Waals surface area contributed by atoms with Crippen LogP contribution >= 0.6 is 0 Å². The number of hydrogen-bond acceptors (Lipinski definition) is 6. The molecule has 0 saturated heterocycles. The van der Waals surface area contributed by atoms with Crippen molar-refractivity contribution in [1.82, 2.24) is 15.4 Å². The normalized spacial score (nSPS) is 11.4. The number of para-hydroxylation sites is 1. The van der Waals surface area contributed by atoms with Crippen LogP contribution < -0.4 is 10.2 Å². The molecule has 40 heavy (non-hydrogen) atoms. The predicted molar refractivity (Wildman–Crippen MR) is 151 cm³/mol. The van der Waals surface area contributed by atoms with Crippen LogP contribution in [0.4, 0.5) is 0 Å². The molecule has 3 aromatic carbocycles. The first-order valence-corrected chi connectivity index (χ1v) is 13.2. The molecule has 0 aliphatic carbocycles. The maximum Gasteiger partial charge on any atom is 0.256 e. The molecule has 4 rings (SSSR count). The van der Waals surface area contributed by atoms with Gasteiger partial charge in [0.1, 0.15) is 5.75 Å². The Kier molecular flexibility index (Phi) is 10.4. The third-order valence-corrected chi connectivity index (χ3v) is 6.54. The lowest BCUT2D eigenvalue weighted by molar-refractivity contribution is -0.129. The van der Waals surface area contributed by atoms with Crippen molar-refractivity contribution in [2.24, 2.45) is 0 Å². The molecule has 0 aliphatic rings. The number of rotatable bonds is 13. The van der Waals surface area contributed by atoms with E-state index in [1.807, 2.05) is 66.7 Å². The highest BCUT2D eigenvalue weighted by Gasteiger charge is 2.26. The number of hydroxylamine groups is 1. The molecule has 4 aromatic rings. The molecule has 0 spiro atoms. The number of amides is 2. The van der Waals surface area contributed by atoms with Crippen LogP contribution in [-0.4, -0.2) is 38.6 Å². The van der Waals surface area contributed by atoms with Crippen LogP contribution in [0.2, 0.25) is 0 Å². The average molecular weight is 540 g/mol. The van der Waals surface area contributed by atoms with Gasteiger partial charge < -0.3 is 14.7 Å². The predicted octanol–water partition coefficient (Wildman–Crippen LogP) is 5.53. The Morgan fingerprint density at radius 3 is 2.23 bits per heavy atom. The molecular weight excluding hydrogens is 506 g/mol. The number of pyridine rings is 1. The molecule has 0 saturated carbocycles. The van der Waals surface area contributed by atoms with Crippen molar-refractivity contribution >= 4 is 11.8 Å². The van der Waals surface area contributed by atoms with Gasteiger partial charge in [-0.15, -0.1) is 0 Å². The second-order valence-electron chi connectivity index (χ2n) is 9.33. The summed E-state index contributed by atoms with van der Waals surface area (Å²) in [6.45, 7) is 0.567. The van der Waals surface area contributed by atoms with Gasteiger partial charge in [-0.3, -0.25) is 19.8 Å². The Hall–Kier alpha value is -4.53. The van der Waals surface area contributed by atoms with E-state index in [0.717, 1.165) is 29.5 Å². The van der Waals surface area contributed by atoms with Crippen LogP contribution in [0.1, 0.15) is 53.4 Å². The number of nitrogens with one attached hydrogen (secondary N) is 1. The minimum atomic E-state index is -1.17. The highest BCUT2D eigenvalue weighted by molar-refractivity contribution is 5.95. The molecule has 1 atom stereocenters. The van der Waals surface area contributed by atoms with Gasteiger partial charge in [-0.1, -0.05) is 60.7 Å². The quantitative estimate of drug-likeness (QED) is 0.0892. The van der Waals surface area contributed by atoms with Gasteiger partial charge in [-0.2, -0.15) is 0 Å². The van der Waals surface area contributed by atoms with Crippen LogP contribution in [0.25, 0.3) is 11.1 Å². The maximum atomic E-state index is 13.8. The first-order valence-electron chi connectivity index (χ1n) is 13.2. The minimum Gasteiger partial charge on any atom is -0.493 e. The highest BCUT2D eigenvalue weighted by Crippen LogP contribution is 2.28. The maximum absolute atomic E-state index is 13.8. The fraction of sp³-hybridized carbons (Fsp3) is 0.219. The lowest BCUT2D eigenvalue weighted by atomic mass is 10.0. The molecule has 8 heteroatoms. The van der Waals surface area contributed by atoms with Crippen molar-refractivity contribution in [3.63, 3.8) is 0 Å². The van der Waals surface area contributed by atoms with Gasteiger partial charge in [-0.25, -0.2) is 5.48 Å². The van der Waals surface area contributed by atoms with Gasteiger partial charge in [0.15, 0.2) is 6.23 Å². The number of aliphatic hydroxyl groups is 1. The van der Waals surface area contributed by atoms with E-state index in [1.54, 1.807) is 42.1 Å². The van der Waals surface area contributed by atoms with Crippen LogP contribution in [0, 0.1) is 0 Å². The number of carbonyl (C=O) groups excluding carboxylic acids is 2. The Morgan fingerprint density at radius 1 is 0.825 bits per heavy atom. The fourth-order valence-corrected chi connectivity index (χ4v) is 4.35. The summed E-state index contributed by atoms with van der Waals surface area (Å²) in [6.07, 6.45) is 4.67. The highest BCUT2D eigenvalue weighted by atomic mass is 16.5. The molecule has 8 nitrogen and oxygen atoms in total. The summed E-state index contributed by atoms with van der Waals surface area (Å²) < 4.78 is 6.03. The summed E-state index contributed by atoms with van der Waals surface area (Å²) in [5.74, 6) is -0.0868. The van der Waals surface area contributed by atoms with E-state index in [0.29, 0.717) is 29.9 Å². The number of nitrogens with zero attached hydrogens (tertiary/aromatic N) is 2. The van der Waals surface area contributed by atoms with Gasteiger partial charge >= 0.3 is 0 Å². The molecule has 0 radical (unpaired) electrons.